The number of rotatable bonds is 2. The summed E-state index contributed by atoms with van der Waals surface area (Å²) in [6.45, 7) is 3.39. The Kier molecular flexibility index (Phi) is 3.63. The first kappa shape index (κ1) is 12.3. The fourth-order valence-corrected chi connectivity index (χ4v) is 2.45. The van der Waals surface area contributed by atoms with Crippen LogP contribution < -0.4 is 0 Å². The minimum atomic E-state index is -0.190. The van der Waals surface area contributed by atoms with Gasteiger partial charge in [-0.15, -0.1) is 0 Å². The summed E-state index contributed by atoms with van der Waals surface area (Å²) in [6, 6.07) is -0.190. The normalized spacial score (nSPS) is 26.0. The molecule has 0 saturated carbocycles. The van der Waals surface area contributed by atoms with E-state index in [4.69, 9.17) is 5.11 Å². The van der Waals surface area contributed by atoms with Crippen LogP contribution in [0.4, 0.5) is 0 Å². The van der Waals surface area contributed by atoms with Crippen molar-refractivity contribution in [1.82, 2.24) is 14.7 Å². The number of carbonyl (C=O) groups is 2. The number of amides is 2. The van der Waals surface area contributed by atoms with E-state index < -0.39 is 0 Å². The molecule has 0 aliphatic carbocycles. The van der Waals surface area contributed by atoms with Crippen molar-refractivity contribution >= 4 is 11.8 Å². The molecule has 2 amide bonds. The molecule has 0 radical (unpaired) electrons. The summed E-state index contributed by atoms with van der Waals surface area (Å²) in [4.78, 5) is 29.2. The van der Waals surface area contributed by atoms with Gasteiger partial charge in [-0.2, -0.15) is 0 Å². The second-order valence-electron chi connectivity index (χ2n) is 4.62. The van der Waals surface area contributed by atoms with Crippen molar-refractivity contribution in [3.8, 4) is 0 Å². The first-order valence-electron chi connectivity index (χ1n) is 6.01. The molecule has 0 bridgehead atoms. The smallest absolute Gasteiger partial charge is 0.241 e. The fraction of sp³-hybridized carbons (Fsp3) is 0.818. The van der Waals surface area contributed by atoms with E-state index in [0.29, 0.717) is 13.1 Å². The molecule has 0 unspecified atom stereocenters. The second kappa shape index (κ2) is 5.01. The molecule has 0 aromatic carbocycles. The highest BCUT2D eigenvalue weighted by Crippen LogP contribution is 2.16. The number of hydrogen-bond donors (Lipinski definition) is 1. The van der Waals surface area contributed by atoms with Crippen LogP contribution in [-0.4, -0.2) is 84.0 Å². The monoisotopic (exact) mass is 241 g/mol. The summed E-state index contributed by atoms with van der Waals surface area (Å²) >= 11 is 0. The zero-order valence-electron chi connectivity index (χ0n) is 10.1. The maximum absolute atomic E-state index is 12.0. The molecule has 6 nitrogen and oxygen atoms in total. The second-order valence-corrected chi connectivity index (χ2v) is 4.62. The number of nitrogens with zero attached hydrogens (tertiary/aromatic N) is 3. The molecule has 0 aromatic heterocycles. The quantitative estimate of drug-likeness (QED) is 0.629. The van der Waals surface area contributed by atoms with Crippen molar-refractivity contribution in [1.29, 1.82) is 0 Å². The highest BCUT2D eigenvalue weighted by Gasteiger charge is 2.38. The van der Waals surface area contributed by atoms with Crippen LogP contribution in [-0.2, 0) is 9.59 Å². The van der Waals surface area contributed by atoms with Gasteiger partial charge >= 0.3 is 0 Å². The number of fused-ring (bicyclic) bond motifs is 1. The first-order valence-corrected chi connectivity index (χ1v) is 6.01. The first-order chi connectivity index (χ1) is 8.13. The summed E-state index contributed by atoms with van der Waals surface area (Å²) in [6.07, 6.45) is 0.150. The van der Waals surface area contributed by atoms with Crippen molar-refractivity contribution in [3.05, 3.63) is 0 Å². The van der Waals surface area contributed by atoms with Crippen molar-refractivity contribution in [2.45, 2.75) is 12.5 Å². The SMILES string of the molecule is CN1CCN2CCN(C(=O)CCO)C[C@@H]2C1=O. The molecule has 2 saturated heterocycles. The molecular formula is C11H19N3O3. The molecule has 0 aromatic rings. The minimum Gasteiger partial charge on any atom is -0.396 e. The largest absolute Gasteiger partial charge is 0.396 e. The van der Waals surface area contributed by atoms with Gasteiger partial charge in [0.2, 0.25) is 11.8 Å². The van der Waals surface area contributed by atoms with Crippen LogP contribution in [0, 0.1) is 0 Å². The average molecular weight is 241 g/mol. The predicted molar refractivity (Wildman–Crippen MR) is 61.3 cm³/mol. The molecule has 2 rings (SSSR count). The molecule has 1 N–H and O–H groups in total. The molecule has 2 aliphatic heterocycles. The summed E-state index contributed by atoms with van der Waals surface area (Å²) in [7, 11) is 1.80. The third-order valence-electron chi connectivity index (χ3n) is 3.55. The summed E-state index contributed by atoms with van der Waals surface area (Å²) < 4.78 is 0. The van der Waals surface area contributed by atoms with E-state index in [0.717, 1.165) is 19.6 Å². The Morgan fingerprint density at radius 3 is 2.76 bits per heavy atom. The Labute approximate surface area is 101 Å². The molecule has 2 fully saturated rings. The van der Waals surface area contributed by atoms with E-state index >= 15 is 0 Å². The topological polar surface area (TPSA) is 64.1 Å². The molecular weight excluding hydrogens is 222 g/mol. The molecule has 0 spiro atoms. The van der Waals surface area contributed by atoms with Crippen LogP contribution in [0.3, 0.4) is 0 Å². The van der Waals surface area contributed by atoms with Crippen LogP contribution in [0.2, 0.25) is 0 Å². The Morgan fingerprint density at radius 2 is 2.06 bits per heavy atom. The lowest BCUT2D eigenvalue weighted by Crippen LogP contribution is -2.64. The summed E-state index contributed by atoms with van der Waals surface area (Å²) in [5.74, 6) is 0.0333. The van der Waals surface area contributed by atoms with Crippen molar-refractivity contribution < 1.29 is 14.7 Å². The van der Waals surface area contributed by atoms with E-state index in [9.17, 15) is 9.59 Å². The van der Waals surface area contributed by atoms with E-state index in [1.54, 1.807) is 16.8 Å². The van der Waals surface area contributed by atoms with Crippen LogP contribution in [0.5, 0.6) is 0 Å². The van der Waals surface area contributed by atoms with Crippen molar-refractivity contribution in [3.63, 3.8) is 0 Å². The number of likely N-dealkylation sites (N-methyl/N-ethyl adjacent to an activating group) is 1. The maximum atomic E-state index is 12.0. The number of piperazine rings is 2. The standard InChI is InChI=1S/C11H19N3O3/c1-12-3-4-13-5-6-14(10(16)2-7-15)8-9(13)11(12)17/h9,15H,2-8H2,1H3/t9-/m1/s1. The Bertz CT molecular complexity index is 321. The van der Waals surface area contributed by atoms with Crippen molar-refractivity contribution in [2.75, 3.05) is 46.4 Å². The number of carbonyl (C=O) groups excluding carboxylic acids is 2. The Hall–Kier alpha value is -1.14. The Balaban J connectivity index is 2.00. The lowest BCUT2D eigenvalue weighted by atomic mass is 10.1. The van der Waals surface area contributed by atoms with Gasteiger partial charge < -0.3 is 14.9 Å². The van der Waals surface area contributed by atoms with Gasteiger partial charge in [0.25, 0.3) is 0 Å². The average Bonchev–Trinajstić information content (AvgIpc) is 2.34. The van der Waals surface area contributed by atoms with E-state index in [1.807, 2.05) is 0 Å². The van der Waals surface area contributed by atoms with Crippen LogP contribution >= 0.6 is 0 Å². The van der Waals surface area contributed by atoms with Gasteiger partial charge in [-0.05, 0) is 0 Å². The minimum absolute atomic E-state index is 0.0619. The highest BCUT2D eigenvalue weighted by atomic mass is 16.3. The van der Waals surface area contributed by atoms with Crippen LogP contribution in [0.25, 0.3) is 0 Å². The lowest BCUT2D eigenvalue weighted by Gasteiger charge is -2.45. The van der Waals surface area contributed by atoms with E-state index in [2.05, 4.69) is 4.90 Å². The number of aliphatic hydroxyl groups is 1. The number of aliphatic hydroxyl groups excluding tert-OH is 1. The number of hydrogen-bond acceptors (Lipinski definition) is 4. The maximum Gasteiger partial charge on any atom is 0.241 e. The lowest BCUT2D eigenvalue weighted by molar-refractivity contribution is -0.147. The van der Waals surface area contributed by atoms with Gasteiger partial charge in [-0.25, -0.2) is 0 Å². The fourth-order valence-electron chi connectivity index (χ4n) is 2.45. The molecule has 96 valence electrons. The van der Waals surface area contributed by atoms with Crippen LogP contribution in [0.15, 0.2) is 0 Å². The zero-order chi connectivity index (χ0) is 12.4. The van der Waals surface area contributed by atoms with Gasteiger partial charge in [-0.3, -0.25) is 14.5 Å². The van der Waals surface area contributed by atoms with Gasteiger partial charge in [0.05, 0.1) is 6.61 Å². The van der Waals surface area contributed by atoms with E-state index in [1.165, 1.54) is 0 Å². The zero-order valence-corrected chi connectivity index (χ0v) is 10.1. The predicted octanol–water partition coefficient (Wildman–Crippen LogP) is -1.65. The molecule has 1 atom stereocenters. The van der Waals surface area contributed by atoms with Gasteiger partial charge in [0.15, 0.2) is 0 Å². The highest BCUT2D eigenvalue weighted by molar-refractivity contribution is 5.84. The summed E-state index contributed by atoms with van der Waals surface area (Å²) in [5.41, 5.74) is 0. The van der Waals surface area contributed by atoms with Gasteiger partial charge in [0.1, 0.15) is 6.04 Å². The van der Waals surface area contributed by atoms with Crippen LogP contribution in [0.1, 0.15) is 6.42 Å². The Morgan fingerprint density at radius 1 is 1.35 bits per heavy atom. The third kappa shape index (κ3) is 2.42. The third-order valence-corrected chi connectivity index (χ3v) is 3.55. The van der Waals surface area contributed by atoms with Gasteiger partial charge in [0, 0.05) is 46.2 Å². The molecule has 2 aliphatic rings. The molecule has 17 heavy (non-hydrogen) atoms. The van der Waals surface area contributed by atoms with Crippen molar-refractivity contribution in [2.24, 2.45) is 0 Å². The summed E-state index contributed by atoms with van der Waals surface area (Å²) in [5, 5.41) is 8.76. The van der Waals surface area contributed by atoms with Gasteiger partial charge in [-0.1, -0.05) is 0 Å². The van der Waals surface area contributed by atoms with E-state index in [-0.39, 0.29) is 30.9 Å². The molecule has 2 heterocycles. The molecule has 6 heteroatoms.